The van der Waals surface area contributed by atoms with E-state index in [-0.39, 0.29) is 0 Å². The molecular formula is C15H20BrNO2. The van der Waals surface area contributed by atoms with Crippen LogP contribution in [-0.4, -0.2) is 30.4 Å². The Labute approximate surface area is 122 Å². The minimum atomic E-state index is -0.439. The van der Waals surface area contributed by atoms with Gasteiger partial charge in [-0.1, -0.05) is 22.0 Å². The lowest BCUT2D eigenvalue weighted by atomic mass is 10.0. The predicted molar refractivity (Wildman–Crippen MR) is 79.5 cm³/mol. The number of ether oxygens (including phenoxy) is 1. The standard InChI is InChI=1S/C15H20BrNO2/c1-10(18)12-6-5-11(16)9-14(12)17-7-8-19-15-4-2-3-13(15)17/h5-6,9-10,13,15,18H,2-4,7-8H2,1H3. The second-order valence-corrected chi connectivity index (χ2v) is 6.40. The molecule has 0 bridgehead atoms. The van der Waals surface area contributed by atoms with Gasteiger partial charge < -0.3 is 14.7 Å². The summed E-state index contributed by atoms with van der Waals surface area (Å²) in [6.07, 6.45) is 3.53. The van der Waals surface area contributed by atoms with Gasteiger partial charge in [-0.2, -0.15) is 0 Å². The number of anilines is 1. The maximum atomic E-state index is 9.99. The van der Waals surface area contributed by atoms with Crippen molar-refractivity contribution in [3.8, 4) is 0 Å². The highest BCUT2D eigenvalue weighted by molar-refractivity contribution is 9.10. The van der Waals surface area contributed by atoms with Gasteiger partial charge in [-0.15, -0.1) is 0 Å². The molecule has 1 saturated carbocycles. The Hall–Kier alpha value is -0.580. The maximum absolute atomic E-state index is 9.99. The zero-order valence-corrected chi connectivity index (χ0v) is 12.8. The smallest absolute Gasteiger partial charge is 0.0782 e. The molecule has 1 aliphatic heterocycles. The third kappa shape index (κ3) is 2.54. The van der Waals surface area contributed by atoms with Crippen LogP contribution in [0.15, 0.2) is 22.7 Å². The van der Waals surface area contributed by atoms with Crippen LogP contribution in [-0.2, 0) is 4.74 Å². The molecule has 3 nitrogen and oxygen atoms in total. The molecule has 2 aliphatic rings. The topological polar surface area (TPSA) is 32.7 Å². The number of hydrogen-bond acceptors (Lipinski definition) is 3. The number of aliphatic hydroxyl groups excluding tert-OH is 1. The van der Waals surface area contributed by atoms with Gasteiger partial charge in [0, 0.05) is 22.3 Å². The van der Waals surface area contributed by atoms with Gasteiger partial charge in [-0.25, -0.2) is 0 Å². The minimum Gasteiger partial charge on any atom is -0.389 e. The molecule has 1 aliphatic carbocycles. The van der Waals surface area contributed by atoms with Gasteiger partial charge in [0.1, 0.15) is 0 Å². The molecule has 0 spiro atoms. The van der Waals surface area contributed by atoms with Gasteiger partial charge >= 0.3 is 0 Å². The van der Waals surface area contributed by atoms with Crippen molar-refractivity contribution in [2.45, 2.75) is 44.4 Å². The van der Waals surface area contributed by atoms with Gasteiger partial charge in [-0.3, -0.25) is 0 Å². The molecule has 0 aromatic heterocycles. The summed E-state index contributed by atoms with van der Waals surface area (Å²) in [5, 5.41) is 9.99. The average molecular weight is 326 g/mol. The van der Waals surface area contributed by atoms with Crippen LogP contribution in [0.5, 0.6) is 0 Å². The Morgan fingerprint density at radius 1 is 1.42 bits per heavy atom. The minimum absolute atomic E-state index is 0.370. The lowest BCUT2D eigenvalue weighted by Crippen LogP contribution is -2.49. The number of rotatable bonds is 2. The fourth-order valence-electron chi connectivity index (χ4n) is 3.34. The molecule has 1 heterocycles. The fourth-order valence-corrected chi connectivity index (χ4v) is 3.69. The Morgan fingerprint density at radius 3 is 3.05 bits per heavy atom. The summed E-state index contributed by atoms with van der Waals surface area (Å²) in [6.45, 7) is 3.53. The summed E-state index contributed by atoms with van der Waals surface area (Å²) in [5.41, 5.74) is 2.17. The van der Waals surface area contributed by atoms with Crippen molar-refractivity contribution in [3.05, 3.63) is 28.2 Å². The van der Waals surface area contributed by atoms with Gasteiger partial charge in [0.25, 0.3) is 0 Å². The maximum Gasteiger partial charge on any atom is 0.0782 e. The molecular weight excluding hydrogens is 306 g/mol. The van der Waals surface area contributed by atoms with Crippen molar-refractivity contribution in [3.63, 3.8) is 0 Å². The zero-order valence-electron chi connectivity index (χ0n) is 11.2. The first-order chi connectivity index (χ1) is 9.16. The van der Waals surface area contributed by atoms with Crippen LogP contribution < -0.4 is 4.90 Å². The number of fused-ring (bicyclic) bond motifs is 1. The van der Waals surface area contributed by atoms with Crippen LogP contribution in [0.3, 0.4) is 0 Å². The van der Waals surface area contributed by atoms with Gasteiger partial charge in [0.2, 0.25) is 0 Å². The van der Waals surface area contributed by atoms with Gasteiger partial charge in [-0.05, 0) is 38.3 Å². The predicted octanol–water partition coefficient (Wildman–Crippen LogP) is 3.26. The Balaban J connectivity index is 1.98. The zero-order chi connectivity index (χ0) is 13.4. The lowest BCUT2D eigenvalue weighted by molar-refractivity contribution is 0.0254. The van der Waals surface area contributed by atoms with E-state index in [2.05, 4.69) is 26.9 Å². The number of aliphatic hydroxyl groups is 1. The van der Waals surface area contributed by atoms with E-state index in [1.54, 1.807) is 0 Å². The molecule has 3 unspecified atom stereocenters. The van der Waals surface area contributed by atoms with E-state index in [0.717, 1.165) is 28.9 Å². The second-order valence-electron chi connectivity index (χ2n) is 5.48. The van der Waals surface area contributed by atoms with Crippen molar-refractivity contribution < 1.29 is 9.84 Å². The molecule has 2 fully saturated rings. The van der Waals surface area contributed by atoms with Gasteiger partial charge in [0.05, 0.1) is 24.9 Å². The monoisotopic (exact) mass is 325 g/mol. The first-order valence-corrected chi connectivity index (χ1v) is 7.82. The highest BCUT2D eigenvalue weighted by atomic mass is 79.9. The number of hydrogen-bond donors (Lipinski definition) is 1. The molecule has 19 heavy (non-hydrogen) atoms. The fraction of sp³-hybridized carbons (Fsp3) is 0.600. The summed E-state index contributed by atoms with van der Waals surface area (Å²) < 4.78 is 6.93. The van der Waals surface area contributed by atoms with Crippen LogP contribution >= 0.6 is 15.9 Å². The van der Waals surface area contributed by atoms with E-state index in [1.807, 2.05) is 19.1 Å². The molecule has 3 rings (SSSR count). The van der Waals surface area contributed by atoms with Crippen molar-refractivity contribution >= 4 is 21.6 Å². The van der Waals surface area contributed by atoms with Crippen LogP contribution in [0, 0.1) is 0 Å². The van der Waals surface area contributed by atoms with Crippen LogP contribution in [0.4, 0.5) is 5.69 Å². The summed E-state index contributed by atoms with van der Waals surface area (Å²) in [4.78, 5) is 2.44. The SMILES string of the molecule is CC(O)c1ccc(Br)cc1N1CCOC2CCCC21. The molecule has 0 amide bonds. The third-order valence-electron chi connectivity index (χ3n) is 4.23. The molecule has 1 aromatic carbocycles. The van der Waals surface area contributed by atoms with E-state index in [0.29, 0.717) is 12.1 Å². The van der Waals surface area contributed by atoms with Crippen LogP contribution in [0.25, 0.3) is 0 Å². The average Bonchev–Trinajstić information content (AvgIpc) is 2.86. The van der Waals surface area contributed by atoms with Crippen molar-refractivity contribution in [1.82, 2.24) is 0 Å². The second kappa shape index (κ2) is 5.43. The number of nitrogens with zero attached hydrogens (tertiary/aromatic N) is 1. The summed E-state index contributed by atoms with van der Waals surface area (Å²) >= 11 is 3.55. The lowest BCUT2D eigenvalue weighted by Gasteiger charge is -2.40. The van der Waals surface area contributed by atoms with E-state index in [9.17, 15) is 5.11 Å². The van der Waals surface area contributed by atoms with E-state index < -0.39 is 6.10 Å². The quantitative estimate of drug-likeness (QED) is 0.905. The van der Waals surface area contributed by atoms with E-state index in [4.69, 9.17) is 4.74 Å². The highest BCUT2D eigenvalue weighted by Gasteiger charge is 2.37. The Morgan fingerprint density at radius 2 is 2.26 bits per heavy atom. The summed E-state index contributed by atoms with van der Waals surface area (Å²) in [6, 6.07) is 6.62. The van der Waals surface area contributed by atoms with Crippen LogP contribution in [0.1, 0.15) is 37.9 Å². The molecule has 0 radical (unpaired) electrons. The van der Waals surface area contributed by atoms with Crippen LogP contribution in [0.2, 0.25) is 0 Å². The summed E-state index contributed by atoms with van der Waals surface area (Å²) in [5.74, 6) is 0. The summed E-state index contributed by atoms with van der Waals surface area (Å²) in [7, 11) is 0. The molecule has 1 aromatic rings. The highest BCUT2D eigenvalue weighted by Crippen LogP contribution is 2.37. The Kier molecular flexibility index (Phi) is 3.83. The normalized spacial score (nSPS) is 28.3. The van der Waals surface area contributed by atoms with Crippen molar-refractivity contribution in [2.24, 2.45) is 0 Å². The Bertz CT molecular complexity index is 463. The number of benzene rings is 1. The molecule has 3 atom stereocenters. The largest absolute Gasteiger partial charge is 0.389 e. The van der Waals surface area contributed by atoms with E-state index in [1.165, 1.54) is 19.3 Å². The number of morpholine rings is 1. The molecule has 1 N–H and O–H groups in total. The van der Waals surface area contributed by atoms with Crippen molar-refractivity contribution in [1.29, 1.82) is 0 Å². The molecule has 4 heteroatoms. The first kappa shape index (κ1) is 13.4. The molecule has 1 saturated heterocycles. The number of halogens is 1. The first-order valence-electron chi connectivity index (χ1n) is 7.02. The van der Waals surface area contributed by atoms with Crippen molar-refractivity contribution in [2.75, 3.05) is 18.1 Å². The van der Waals surface area contributed by atoms with Gasteiger partial charge in [0.15, 0.2) is 0 Å². The molecule has 104 valence electrons. The van der Waals surface area contributed by atoms with E-state index >= 15 is 0 Å². The third-order valence-corrected chi connectivity index (χ3v) is 4.73.